The van der Waals surface area contributed by atoms with Crippen LogP contribution in [0.15, 0.2) is 54.6 Å². The van der Waals surface area contributed by atoms with Crippen LogP contribution in [-0.4, -0.2) is 23.9 Å². The average molecular weight is 350 g/mol. The van der Waals surface area contributed by atoms with Gasteiger partial charge in [-0.1, -0.05) is 68.4 Å². The van der Waals surface area contributed by atoms with E-state index in [-0.39, 0.29) is 5.91 Å². The lowest BCUT2D eigenvalue weighted by Crippen LogP contribution is -2.41. The van der Waals surface area contributed by atoms with Gasteiger partial charge >= 0.3 is 0 Å². The summed E-state index contributed by atoms with van der Waals surface area (Å²) in [5, 5.41) is 0. The highest BCUT2D eigenvalue weighted by Crippen LogP contribution is 2.21. The van der Waals surface area contributed by atoms with E-state index in [1.807, 2.05) is 0 Å². The van der Waals surface area contributed by atoms with Gasteiger partial charge in [0.2, 0.25) is 5.91 Å². The molecule has 3 rings (SSSR count). The topological polar surface area (TPSA) is 20.3 Å². The third-order valence-corrected chi connectivity index (χ3v) is 5.26. The smallest absolute Gasteiger partial charge is 0.226 e. The van der Waals surface area contributed by atoms with E-state index in [0.717, 1.165) is 37.9 Å². The summed E-state index contributed by atoms with van der Waals surface area (Å²) in [5.74, 6) is 1.53. The van der Waals surface area contributed by atoms with Gasteiger partial charge in [-0.2, -0.15) is 0 Å². The summed E-state index contributed by atoms with van der Waals surface area (Å²) in [6.45, 7) is 6.29. The Morgan fingerprint density at radius 2 is 1.69 bits per heavy atom. The van der Waals surface area contributed by atoms with Gasteiger partial charge in [0.1, 0.15) is 0 Å². The second-order valence-corrected chi connectivity index (χ2v) is 8.13. The van der Waals surface area contributed by atoms with Crippen LogP contribution in [0.4, 0.5) is 0 Å². The molecule has 0 unspecified atom stereocenters. The van der Waals surface area contributed by atoms with Gasteiger partial charge < -0.3 is 4.90 Å². The number of carbonyl (C=O) groups is 1. The third-order valence-electron chi connectivity index (χ3n) is 5.26. The first-order valence-electron chi connectivity index (χ1n) is 9.99. The molecule has 2 aromatic rings. The first-order valence-corrected chi connectivity index (χ1v) is 9.99. The minimum atomic E-state index is 0.277. The molecule has 2 aromatic carbocycles. The van der Waals surface area contributed by atoms with Gasteiger partial charge in [-0.3, -0.25) is 4.79 Å². The normalized spacial score (nSPS) is 17.5. The van der Waals surface area contributed by atoms with Gasteiger partial charge in [0, 0.05) is 13.1 Å². The predicted octanol–water partition coefficient (Wildman–Crippen LogP) is 4.91. The highest BCUT2D eigenvalue weighted by atomic mass is 16.2. The predicted molar refractivity (Wildman–Crippen MR) is 108 cm³/mol. The van der Waals surface area contributed by atoms with Gasteiger partial charge in [0.15, 0.2) is 0 Å². The Morgan fingerprint density at radius 3 is 2.38 bits per heavy atom. The first-order chi connectivity index (χ1) is 12.6. The largest absolute Gasteiger partial charge is 0.342 e. The fourth-order valence-electron chi connectivity index (χ4n) is 3.96. The van der Waals surface area contributed by atoms with E-state index in [1.165, 1.54) is 17.5 Å². The third kappa shape index (κ3) is 5.45. The number of piperidine rings is 1. The molecule has 26 heavy (non-hydrogen) atoms. The summed E-state index contributed by atoms with van der Waals surface area (Å²) in [7, 11) is 0. The van der Waals surface area contributed by atoms with Crippen molar-refractivity contribution in [1.82, 2.24) is 4.90 Å². The lowest BCUT2D eigenvalue weighted by molar-refractivity contribution is -0.132. The van der Waals surface area contributed by atoms with Gasteiger partial charge in [0.05, 0.1) is 6.42 Å². The van der Waals surface area contributed by atoms with Crippen molar-refractivity contribution in [1.29, 1.82) is 0 Å². The van der Waals surface area contributed by atoms with Crippen LogP contribution in [0.3, 0.4) is 0 Å². The van der Waals surface area contributed by atoms with Crippen LogP contribution in [0, 0.1) is 11.8 Å². The molecule has 1 aliphatic heterocycles. The van der Waals surface area contributed by atoms with E-state index >= 15 is 0 Å². The standard InChI is InChI=1S/C24H31NO/c1-19(2)15-21-10-12-22(13-11-21)17-24(26)25-14-6-9-23(18-25)16-20-7-4-3-5-8-20/h3-5,7-8,10-13,19,23H,6,9,14-18H2,1-2H3/t23-/m1/s1. The summed E-state index contributed by atoms with van der Waals surface area (Å²) in [5.41, 5.74) is 3.87. The Hall–Kier alpha value is -2.09. The summed E-state index contributed by atoms with van der Waals surface area (Å²) in [6.07, 6.45) is 5.05. The van der Waals surface area contributed by atoms with Crippen LogP contribution < -0.4 is 0 Å². The van der Waals surface area contributed by atoms with Crippen molar-refractivity contribution >= 4 is 5.91 Å². The molecule has 0 N–H and O–H groups in total. The van der Waals surface area contributed by atoms with Gasteiger partial charge in [0.25, 0.3) is 0 Å². The number of carbonyl (C=O) groups excluding carboxylic acids is 1. The Labute approximate surface area is 158 Å². The van der Waals surface area contributed by atoms with Crippen LogP contribution in [0.25, 0.3) is 0 Å². The molecule has 2 nitrogen and oxygen atoms in total. The molecule has 0 spiro atoms. The van der Waals surface area contributed by atoms with Crippen molar-refractivity contribution in [2.75, 3.05) is 13.1 Å². The quantitative estimate of drug-likeness (QED) is 0.726. The molecule has 1 atom stereocenters. The van der Waals surface area contributed by atoms with Crippen molar-refractivity contribution < 1.29 is 4.79 Å². The van der Waals surface area contributed by atoms with Crippen molar-refractivity contribution in [3.05, 3.63) is 71.3 Å². The van der Waals surface area contributed by atoms with E-state index < -0.39 is 0 Å². The Morgan fingerprint density at radius 1 is 1.00 bits per heavy atom. The lowest BCUT2D eigenvalue weighted by Gasteiger charge is -2.33. The number of likely N-dealkylation sites (tertiary alicyclic amines) is 1. The molecule has 1 aliphatic rings. The number of benzene rings is 2. The van der Waals surface area contributed by atoms with E-state index in [9.17, 15) is 4.79 Å². The Kier molecular flexibility index (Phi) is 6.49. The molecular formula is C24H31NO. The second-order valence-electron chi connectivity index (χ2n) is 8.13. The molecule has 0 aliphatic carbocycles. The highest BCUT2D eigenvalue weighted by Gasteiger charge is 2.23. The molecular weight excluding hydrogens is 318 g/mol. The van der Waals surface area contributed by atoms with Gasteiger partial charge in [-0.15, -0.1) is 0 Å². The monoisotopic (exact) mass is 349 g/mol. The number of nitrogens with zero attached hydrogens (tertiary/aromatic N) is 1. The fourth-order valence-corrected chi connectivity index (χ4v) is 3.96. The minimum absolute atomic E-state index is 0.277. The summed E-state index contributed by atoms with van der Waals surface area (Å²) >= 11 is 0. The van der Waals surface area contributed by atoms with Crippen LogP contribution in [0.2, 0.25) is 0 Å². The van der Waals surface area contributed by atoms with E-state index in [1.54, 1.807) is 0 Å². The zero-order valence-electron chi connectivity index (χ0n) is 16.2. The van der Waals surface area contributed by atoms with Gasteiger partial charge in [-0.25, -0.2) is 0 Å². The van der Waals surface area contributed by atoms with Gasteiger partial charge in [-0.05, 0) is 54.2 Å². The number of hydrogen-bond donors (Lipinski definition) is 0. The van der Waals surface area contributed by atoms with Crippen molar-refractivity contribution in [3.8, 4) is 0 Å². The molecule has 1 heterocycles. The molecule has 0 aromatic heterocycles. The molecule has 1 fully saturated rings. The molecule has 2 heteroatoms. The van der Waals surface area contributed by atoms with Crippen LogP contribution >= 0.6 is 0 Å². The number of rotatable bonds is 6. The van der Waals surface area contributed by atoms with E-state index in [2.05, 4.69) is 73.3 Å². The molecule has 1 saturated heterocycles. The number of hydrogen-bond acceptors (Lipinski definition) is 1. The SMILES string of the molecule is CC(C)Cc1ccc(CC(=O)N2CCC[C@H](Cc3ccccc3)C2)cc1. The van der Waals surface area contributed by atoms with Crippen LogP contribution in [0.5, 0.6) is 0 Å². The van der Waals surface area contributed by atoms with Crippen molar-refractivity contribution in [2.45, 2.75) is 46.0 Å². The van der Waals surface area contributed by atoms with Crippen LogP contribution in [-0.2, 0) is 24.1 Å². The molecule has 1 amide bonds. The lowest BCUT2D eigenvalue weighted by atomic mass is 9.91. The highest BCUT2D eigenvalue weighted by molar-refractivity contribution is 5.78. The summed E-state index contributed by atoms with van der Waals surface area (Å²) in [4.78, 5) is 14.8. The first kappa shape index (κ1) is 18.7. The molecule has 0 bridgehead atoms. The fraction of sp³-hybridized carbons (Fsp3) is 0.458. The molecule has 138 valence electrons. The number of amides is 1. The van der Waals surface area contributed by atoms with E-state index in [4.69, 9.17) is 0 Å². The zero-order chi connectivity index (χ0) is 18.4. The van der Waals surface area contributed by atoms with Crippen LogP contribution in [0.1, 0.15) is 43.4 Å². The Bertz CT molecular complexity index is 690. The summed E-state index contributed by atoms with van der Waals surface area (Å²) in [6, 6.07) is 19.3. The minimum Gasteiger partial charge on any atom is -0.342 e. The molecule has 0 saturated carbocycles. The summed E-state index contributed by atoms with van der Waals surface area (Å²) < 4.78 is 0. The average Bonchev–Trinajstić information content (AvgIpc) is 2.64. The Balaban J connectivity index is 1.54. The maximum Gasteiger partial charge on any atom is 0.226 e. The zero-order valence-corrected chi connectivity index (χ0v) is 16.2. The maximum atomic E-state index is 12.8. The second kappa shape index (κ2) is 9.02. The maximum absolute atomic E-state index is 12.8. The molecule has 0 radical (unpaired) electrons. The van der Waals surface area contributed by atoms with Crippen molar-refractivity contribution in [2.24, 2.45) is 11.8 Å². The van der Waals surface area contributed by atoms with Crippen molar-refractivity contribution in [3.63, 3.8) is 0 Å². The van der Waals surface area contributed by atoms with E-state index in [0.29, 0.717) is 18.3 Å².